The molecule has 0 bridgehead atoms. The van der Waals surface area contributed by atoms with E-state index in [4.69, 9.17) is 16.3 Å². The zero-order chi connectivity index (χ0) is 15.1. The number of carbonyl (C=O) groups excluding carboxylic acids is 1. The van der Waals surface area contributed by atoms with Crippen LogP contribution in [0.25, 0.3) is 0 Å². The van der Waals surface area contributed by atoms with Gasteiger partial charge in [0.2, 0.25) is 0 Å². The third kappa shape index (κ3) is 5.79. The smallest absolute Gasteiger partial charge is 0.257 e. The standard InChI is InChI=1S/C16H22ClNO2S/c1-12-10-13(6-7-15(12)17)20-11-16(19)18-8-9-21-14-4-2-3-5-14/h6-7,10,14H,2-5,8-9,11H2,1H3,(H,18,19). The summed E-state index contributed by atoms with van der Waals surface area (Å²) in [6, 6.07) is 5.40. The van der Waals surface area contributed by atoms with E-state index in [0.717, 1.165) is 16.6 Å². The minimum Gasteiger partial charge on any atom is -0.484 e. The number of hydrogen-bond donors (Lipinski definition) is 1. The molecule has 1 saturated carbocycles. The van der Waals surface area contributed by atoms with Gasteiger partial charge in [-0.05, 0) is 43.5 Å². The van der Waals surface area contributed by atoms with Crippen molar-refractivity contribution in [2.75, 3.05) is 18.9 Å². The van der Waals surface area contributed by atoms with Gasteiger partial charge in [0.05, 0.1) is 0 Å². The lowest BCUT2D eigenvalue weighted by Crippen LogP contribution is -2.30. The molecule has 21 heavy (non-hydrogen) atoms. The minimum atomic E-state index is -0.0744. The first-order valence-electron chi connectivity index (χ1n) is 7.42. The normalized spacial score (nSPS) is 15.1. The molecule has 1 aliphatic rings. The highest BCUT2D eigenvalue weighted by Gasteiger charge is 2.14. The molecule has 0 spiro atoms. The molecule has 1 fully saturated rings. The van der Waals surface area contributed by atoms with Gasteiger partial charge in [-0.25, -0.2) is 0 Å². The van der Waals surface area contributed by atoms with Gasteiger partial charge >= 0.3 is 0 Å². The van der Waals surface area contributed by atoms with Crippen molar-refractivity contribution in [1.82, 2.24) is 5.32 Å². The molecule has 0 atom stereocenters. The fraction of sp³-hybridized carbons (Fsp3) is 0.562. The van der Waals surface area contributed by atoms with Crippen molar-refractivity contribution >= 4 is 29.3 Å². The van der Waals surface area contributed by atoms with Gasteiger partial charge in [-0.3, -0.25) is 4.79 Å². The van der Waals surface area contributed by atoms with Crippen molar-refractivity contribution in [3.8, 4) is 5.75 Å². The molecule has 0 saturated heterocycles. The van der Waals surface area contributed by atoms with Crippen LogP contribution < -0.4 is 10.1 Å². The van der Waals surface area contributed by atoms with Gasteiger partial charge in [0, 0.05) is 22.6 Å². The van der Waals surface area contributed by atoms with E-state index in [-0.39, 0.29) is 12.5 Å². The van der Waals surface area contributed by atoms with Crippen LogP contribution >= 0.6 is 23.4 Å². The van der Waals surface area contributed by atoms with Gasteiger partial charge < -0.3 is 10.1 Å². The van der Waals surface area contributed by atoms with Crippen molar-refractivity contribution in [3.05, 3.63) is 28.8 Å². The second kappa shape index (κ2) is 8.54. The van der Waals surface area contributed by atoms with Crippen LogP contribution in [0.4, 0.5) is 0 Å². The average molecular weight is 328 g/mol. The molecule has 0 aromatic heterocycles. The van der Waals surface area contributed by atoms with E-state index in [1.807, 2.05) is 24.8 Å². The van der Waals surface area contributed by atoms with Crippen LogP contribution in [0.3, 0.4) is 0 Å². The maximum Gasteiger partial charge on any atom is 0.257 e. The first-order chi connectivity index (χ1) is 10.1. The Labute approximate surface area is 135 Å². The van der Waals surface area contributed by atoms with Crippen LogP contribution in [0.1, 0.15) is 31.2 Å². The summed E-state index contributed by atoms with van der Waals surface area (Å²) in [4.78, 5) is 11.7. The Bertz CT molecular complexity index is 475. The highest BCUT2D eigenvalue weighted by Crippen LogP contribution is 2.28. The molecule has 1 aromatic rings. The van der Waals surface area contributed by atoms with Gasteiger partial charge in [-0.2, -0.15) is 11.8 Å². The van der Waals surface area contributed by atoms with Crippen molar-refractivity contribution in [2.24, 2.45) is 0 Å². The molecule has 3 nitrogen and oxygen atoms in total. The number of benzene rings is 1. The second-order valence-electron chi connectivity index (χ2n) is 5.33. The Morgan fingerprint density at radius 2 is 2.19 bits per heavy atom. The summed E-state index contributed by atoms with van der Waals surface area (Å²) in [5, 5.41) is 4.40. The van der Waals surface area contributed by atoms with E-state index >= 15 is 0 Å². The predicted molar refractivity (Wildman–Crippen MR) is 89.4 cm³/mol. The Balaban J connectivity index is 1.59. The number of thioether (sulfide) groups is 1. The molecule has 0 unspecified atom stereocenters. The summed E-state index contributed by atoms with van der Waals surface area (Å²) in [5.74, 6) is 1.58. The van der Waals surface area contributed by atoms with E-state index in [0.29, 0.717) is 17.3 Å². The Morgan fingerprint density at radius 1 is 1.43 bits per heavy atom. The lowest BCUT2D eigenvalue weighted by molar-refractivity contribution is -0.122. The molecule has 0 heterocycles. The maximum atomic E-state index is 11.7. The summed E-state index contributed by atoms with van der Waals surface area (Å²) < 4.78 is 5.46. The first kappa shape index (κ1) is 16.5. The topological polar surface area (TPSA) is 38.3 Å². The van der Waals surface area contributed by atoms with Gasteiger partial charge in [-0.15, -0.1) is 0 Å². The zero-order valence-corrected chi connectivity index (χ0v) is 13.9. The fourth-order valence-electron chi connectivity index (χ4n) is 2.38. The van der Waals surface area contributed by atoms with E-state index < -0.39 is 0 Å². The van der Waals surface area contributed by atoms with Crippen LogP contribution in [0.2, 0.25) is 5.02 Å². The van der Waals surface area contributed by atoms with Crippen molar-refractivity contribution < 1.29 is 9.53 Å². The number of carbonyl (C=O) groups is 1. The summed E-state index contributed by atoms with van der Waals surface area (Å²) in [6.45, 7) is 2.67. The summed E-state index contributed by atoms with van der Waals surface area (Å²) in [5.41, 5.74) is 0.947. The average Bonchev–Trinajstić information content (AvgIpc) is 2.98. The summed E-state index contributed by atoms with van der Waals surface area (Å²) in [6.07, 6.45) is 5.38. The van der Waals surface area contributed by atoms with Crippen LogP contribution in [0.15, 0.2) is 18.2 Å². The highest BCUT2D eigenvalue weighted by atomic mass is 35.5. The van der Waals surface area contributed by atoms with E-state index in [1.54, 1.807) is 12.1 Å². The lowest BCUT2D eigenvalue weighted by Gasteiger charge is -2.10. The first-order valence-corrected chi connectivity index (χ1v) is 8.85. The molecule has 1 aliphatic carbocycles. The molecule has 1 N–H and O–H groups in total. The molecule has 5 heteroatoms. The zero-order valence-electron chi connectivity index (χ0n) is 12.4. The van der Waals surface area contributed by atoms with E-state index in [1.165, 1.54) is 25.7 Å². The largest absolute Gasteiger partial charge is 0.484 e. The quantitative estimate of drug-likeness (QED) is 0.774. The molecule has 1 aromatic carbocycles. The van der Waals surface area contributed by atoms with Gasteiger partial charge in [0.25, 0.3) is 5.91 Å². The number of aryl methyl sites for hydroxylation is 1. The molecular weight excluding hydrogens is 306 g/mol. The second-order valence-corrected chi connectivity index (χ2v) is 7.14. The monoisotopic (exact) mass is 327 g/mol. The van der Waals surface area contributed by atoms with Gasteiger partial charge in [-0.1, -0.05) is 24.4 Å². The summed E-state index contributed by atoms with van der Waals surface area (Å²) >= 11 is 7.92. The van der Waals surface area contributed by atoms with Crippen LogP contribution in [0.5, 0.6) is 5.75 Å². The van der Waals surface area contributed by atoms with Gasteiger partial charge in [0.15, 0.2) is 6.61 Å². The minimum absolute atomic E-state index is 0.0508. The SMILES string of the molecule is Cc1cc(OCC(=O)NCCSC2CCCC2)ccc1Cl. The van der Waals surface area contributed by atoms with Crippen LogP contribution in [-0.4, -0.2) is 30.1 Å². The van der Waals surface area contributed by atoms with E-state index in [9.17, 15) is 4.79 Å². The Hall–Kier alpha value is -0.870. The Kier molecular flexibility index (Phi) is 6.71. The third-order valence-electron chi connectivity index (χ3n) is 3.58. The van der Waals surface area contributed by atoms with Crippen LogP contribution in [0, 0.1) is 6.92 Å². The molecule has 0 radical (unpaired) electrons. The number of halogens is 1. The third-order valence-corrected chi connectivity index (χ3v) is 5.39. The maximum absolute atomic E-state index is 11.7. The molecule has 2 rings (SSSR count). The molecule has 0 aliphatic heterocycles. The highest BCUT2D eigenvalue weighted by molar-refractivity contribution is 7.99. The van der Waals surface area contributed by atoms with E-state index in [2.05, 4.69) is 5.32 Å². The Morgan fingerprint density at radius 3 is 2.90 bits per heavy atom. The van der Waals surface area contributed by atoms with Crippen molar-refractivity contribution in [2.45, 2.75) is 37.9 Å². The number of hydrogen-bond acceptors (Lipinski definition) is 3. The predicted octanol–water partition coefficient (Wildman–Crippen LogP) is 3.82. The molecule has 1 amide bonds. The molecular formula is C16H22ClNO2S. The lowest BCUT2D eigenvalue weighted by atomic mass is 10.2. The number of nitrogens with one attached hydrogen (secondary N) is 1. The number of rotatable bonds is 7. The van der Waals surface area contributed by atoms with Crippen molar-refractivity contribution in [3.63, 3.8) is 0 Å². The number of amides is 1. The fourth-order valence-corrected chi connectivity index (χ4v) is 3.72. The summed E-state index contributed by atoms with van der Waals surface area (Å²) in [7, 11) is 0. The van der Waals surface area contributed by atoms with Crippen molar-refractivity contribution in [1.29, 1.82) is 0 Å². The van der Waals surface area contributed by atoms with Gasteiger partial charge in [0.1, 0.15) is 5.75 Å². The number of ether oxygens (including phenoxy) is 1. The molecule has 116 valence electrons. The van der Waals surface area contributed by atoms with Crippen LogP contribution in [-0.2, 0) is 4.79 Å².